The zero-order chi connectivity index (χ0) is 12.3. The van der Waals surface area contributed by atoms with Gasteiger partial charge in [0.2, 0.25) is 0 Å². The Labute approximate surface area is 106 Å². The lowest BCUT2D eigenvalue weighted by molar-refractivity contribution is 0.0922. The number of hydrogen-bond donors (Lipinski definition) is 2. The van der Waals surface area contributed by atoms with Crippen LogP contribution in [0.2, 0.25) is 5.02 Å². The molecule has 1 aliphatic rings. The van der Waals surface area contributed by atoms with Crippen LogP contribution in [0.1, 0.15) is 18.4 Å². The molecule has 2 atom stereocenters. The van der Waals surface area contributed by atoms with Crippen molar-refractivity contribution in [2.45, 2.75) is 25.4 Å². The third-order valence-corrected chi connectivity index (χ3v) is 3.60. The van der Waals surface area contributed by atoms with Gasteiger partial charge in [0.15, 0.2) is 0 Å². The number of nitrogens with one attached hydrogen (secondary N) is 1. The molecule has 0 bridgehead atoms. The van der Waals surface area contributed by atoms with E-state index in [0.717, 1.165) is 31.5 Å². The highest BCUT2D eigenvalue weighted by Gasteiger charge is 2.21. The first-order valence-electron chi connectivity index (χ1n) is 5.99. The van der Waals surface area contributed by atoms with Crippen molar-refractivity contribution in [3.8, 4) is 0 Å². The van der Waals surface area contributed by atoms with Crippen molar-refractivity contribution in [3.63, 3.8) is 0 Å². The van der Waals surface area contributed by atoms with Crippen LogP contribution in [0.3, 0.4) is 0 Å². The molecule has 4 heteroatoms. The maximum absolute atomic E-state index is 13.0. The summed E-state index contributed by atoms with van der Waals surface area (Å²) in [6, 6.07) is 4.63. The Balaban J connectivity index is 1.96. The van der Waals surface area contributed by atoms with Gasteiger partial charge in [-0.1, -0.05) is 17.7 Å². The number of halogens is 2. The summed E-state index contributed by atoms with van der Waals surface area (Å²) in [5.74, 6) is -0.128. The molecule has 1 aromatic carbocycles. The molecular weight excluding hydrogens is 241 g/mol. The molecule has 0 aromatic heterocycles. The van der Waals surface area contributed by atoms with Crippen LogP contribution in [0.5, 0.6) is 0 Å². The molecule has 1 fully saturated rings. The fourth-order valence-electron chi connectivity index (χ4n) is 2.28. The van der Waals surface area contributed by atoms with Crippen molar-refractivity contribution in [2.75, 3.05) is 13.1 Å². The molecular formula is C13H17ClFNO. The second kappa shape index (κ2) is 5.80. The topological polar surface area (TPSA) is 32.3 Å². The number of hydrogen-bond acceptors (Lipinski definition) is 2. The van der Waals surface area contributed by atoms with E-state index < -0.39 is 5.82 Å². The molecule has 2 nitrogen and oxygen atoms in total. The molecule has 17 heavy (non-hydrogen) atoms. The molecule has 2 N–H and O–H groups in total. The number of benzene rings is 1. The Kier molecular flexibility index (Phi) is 4.37. The summed E-state index contributed by atoms with van der Waals surface area (Å²) in [5, 5.41) is 13.5. The zero-order valence-corrected chi connectivity index (χ0v) is 10.4. The Morgan fingerprint density at radius 2 is 2.35 bits per heavy atom. The Hall–Kier alpha value is -0.640. The summed E-state index contributed by atoms with van der Waals surface area (Å²) in [5.41, 5.74) is 0.884. The summed E-state index contributed by atoms with van der Waals surface area (Å²) < 4.78 is 13.0. The Bertz CT molecular complexity index is 380. The standard InChI is InChI=1S/C13H17ClFNO/c14-11-6-9(3-4-12(11)15)7-13(17)10-2-1-5-16-8-10/h3-4,6,10,13,16-17H,1-2,5,7-8H2. The normalized spacial score (nSPS) is 22.4. The van der Waals surface area contributed by atoms with E-state index in [1.54, 1.807) is 12.1 Å². The highest BCUT2D eigenvalue weighted by Crippen LogP contribution is 2.21. The Morgan fingerprint density at radius 3 is 3.00 bits per heavy atom. The number of piperidine rings is 1. The van der Waals surface area contributed by atoms with Crippen molar-refractivity contribution in [1.82, 2.24) is 5.32 Å². The van der Waals surface area contributed by atoms with Crippen LogP contribution in [-0.4, -0.2) is 24.3 Å². The first-order valence-corrected chi connectivity index (χ1v) is 6.37. The number of aliphatic hydroxyl groups excluding tert-OH is 1. The smallest absolute Gasteiger partial charge is 0.141 e. The van der Waals surface area contributed by atoms with E-state index in [0.29, 0.717) is 6.42 Å². The number of rotatable bonds is 3. The largest absolute Gasteiger partial charge is 0.392 e. The van der Waals surface area contributed by atoms with Gasteiger partial charge in [0.25, 0.3) is 0 Å². The van der Waals surface area contributed by atoms with Gasteiger partial charge < -0.3 is 10.4 Å². The van der Waals surface area contributed by atoms with Gasteiger partial charge in [-0.25, -0.2) is 4.39 Å². The van der Waals surface area contributed by atoms with Crippen LogP contribution >= 0.6 is 11.6 Å². The van der Waals surface area contributed by atoms with E-state index in [-0.39, 0.29) is 17.0 Å². The fraction of sp³-hybridized carbons (Fsp3) is 0.538. The quantitative estimate of drug-likeness (QED) is 0.872. The molecule has 2 rings (SSSR count). The van der Waals surface area contributed by atoms with Gasteiger partial charge in [-0.3, -0.25) is 0 Å². The van der Waals surface area contributed by atoms with E-state index in [1.165, 1.54) is 6.07 Å². The average molecular weight is 258 g/mol. The monoisotopic (exact) mass is 257 g/mol. The minimum Gasteiger partial charge on any atom is -0.392 e. The van der Waals surface area contributed by atoms with Crippen molar-refractivity contribution in [2.24, 2.45) is 5.92 Å². The molecule has 2 unspecified atom stereocenters. The zero-order valence-electron chi connectivity index (χ0n) is 9.63. The number of aliphatic hydroxyl groups is 1. The molecule has 1 saturated heterocycles. The minimum absolute atomic E-state index is 0.122. The van der Waals surface area contributed by atoms with Crippen LogP contribution in [-0.2, 0) is 6.42 Å². The first kappa shape index (κ1) is 12.8. The van der Waals surface area contributed by atoms with Crippen LogP contribution in [0.4, 0.5) is 4.39 Å². The van der Waals surface area contributed by atoms with E-state index in [2.05, 4.69) is 5.32 Å². The third kappa shape index (κ3) is 3.41. The van der Waals surface area contributed by atoms with Gasteiger partial charge in [-0.15, -0.1) is 0 Å². The second-order valence-electron chi connectivity index (χ2n) is 4.63. The van der Waals surface area contributed by atoms with E-state index in [1.807, 2.05) is 0 Å². The summed E-state index contributed by atoms with van der Waals surface area (Å²) in [7, 11) is 0. The highest BCUT2D eigenvalue weighted by atomic mass is 35.5. The third-order valence-electron chi connectivity index (χ3n) is 3.31. The van der Waals surface area contributed by atoms with Crippen LogP contribution in [0.15, 0.2) is 18.2 Å². The van der Waals surface area contributed by atoms with Gasteiger partial charge in [0.05, 0.1) is 11.1 Å². The molecule has 1 heterocycles. The minimum atomic E-state index is -0.413. The summed E-state index contributed by atoms with van der Waals surface area (Å²) in [6.45, 7) is 1.89. The van der Waals surface area contributed by atoms with E-state index in [9.17, 15) is 9.50 Å². The predicted octanol–water partition coefficient (Wildman–Crippen LogP) is 2.38. The lowest BCUT2D eigenvalue weighted by Crippen LogP contribution is -2.37. The first-order chi connectivity index (χ1) is 8.16. The van der Waals surface area contributed by atoms with E-state index in [4.69, 9.17) is 11.6 Å². The average Bonchev–Trinajstić information content (AvgIpc) is 2.35. The van der Waals surface area contributed by atoms with Crippen LogP contribution < -0.4 is 5.32 Å². The van der Waals surface area contributed by atoms with Gasteiger partial charge in [0, 0.05) is 6.54 Å². The lowest BCUT2D eigenvalue weighted by atomic mass is 9.90. The van der Waals surface area contributed by atoms with Gasteiger partial charge >= 0.3 is 0 Å². The van der Waals surface area contributed by atoms with Gasteiger partial charge in [-0.05, 0) is 49.4 Å². The van der Waals surface area contributed by atoms with Crippen molar-refractivity contribution < 1.29 is 9.50 Å². The lowest BCUT2D eigenvalue weighted by Gasteiger charge is -2.27. The SMILES string of the molecule is OC(Cc1ccc(F)c(Cl)c1)C1CCCNC1. The fourth-order valence-corrected chi connectivity index (χ4v) is 2.49. The van der Waals surface area contributed by atoms with E-state index >= 15 is 0 Å². The summed E-state index contributed by atoms with van der Waals surface area (Å²) in [6.07, 6.45) is 2.30. The van der Waals surface area contributed by atoms with Crippen molar-refractivity contribution in [3.05, 3.63) is 34.6 Å². The molecule has 0 saturated carbocycles. The van der Waals surface area contributed by atoms with Gasteiger partial charge in [0.1, 0.15) is 5.82 Å². The maximum Gasteiger partial charge on any atom is 0.141 e. The molecule has 94 valence electrons. The van der Waals surface area contributed by atoms with Crippen LogP contribution in [0, 0.1) is 11.7 Å². The molecule has 0 aliphatic carbocycles. The molecule has 0 radical (unpaired) electrons. The maximum atomic E-state index is 13.0. The molecule has 1 aliphatic heterocycles. The molecule has 0 spiro atoms. The molecule has 0 amide bonds. The van der Waals surface area contributed by atoms with Crippen molar-refractivity contribution >= 4 is 11.6 Å². The predicted molar refractivity (Wildman–Crippen MR) is 66.7 cm³/mol. The second-order valence-corrected chi connectivity index (χ2v) is 5.03. The van der Waals surface area contributed by atoms with Gasteiger partial charge in [-0.2, -0.15) is 0 Å². The Morgan fingerprint density at radius 1 is 1.53 bits per heavy atom. The van der Waals surface area contributed by atoms with Crippen LogP contribution in [0.25, 0.3) is 0 Å². The summed E-state index contributed by atoms with van der Waals surface area (Å²) in [4.78, 5) is 0. The highest BCUT2D eigenvalue weighted by molar-refractivity contribution is 6.30. The molecule has 1 aromatic rings. The van der Waals surface area contributed by atoms with Crippen molar-refractivity contribution in [1.29, 1.82) is 0 Å². The summed E-state index contributed by atoms with van der Waals surface area (Å²) >= 11 is 5.71.